The number of hydrogen-bond acceptors (Lipinski definition) is 5. The average Bonchev–Trinajstić information content (AvgIpc) is 2.62. The van der Waals surface area contributed by atoms with Crippen molar-refractivity contribution in [1.29, 1.82) is 0 Å². The summed E-state index contributed by atoms with van der Waals surface area (Å²) in [6.45, 7) is 0. The van der Waals surface area contributed by atoms with Crippen molar-refractivity contribution in [3.05, 3.63) is 70.4 Å². The van der Waals surface area contributed by atoms with Crippen LogP contribution in [0.3, 0.4) is 0 Å². The third-order valence-corrected chi connectivity index (χ3v) is 6.48. The summed E-state index contributed by atoms with van der Waals surface area (Å²) in [5, 5.41) is 13.3. The lowest BCUT2D eigenvalue weighted by Crippen LogP contribution is -2.22. The summed E-state index contributed by atoms with van der Waals surface area (Å²) < 4.78 is 34.3. The average molecular weight is 746 g/mol. The highest BCUT2D eigenvalue weighted by Gasteiger charge is 2.18. The van der Waals surface area contributed by atoms with Gasteiger partial charge in [-0.1, -0.05) is 30.3 Å². The van der Waals surface area contributed by atoms with E-state index in [0.717, 1.165) is 17.0 Å². The number of benzene rings is 3. The second kappa shape index (κ2) is 9.01. The molecule has 3 rings (SSSR count). The van der Waals surface area contributed by atoms with Gasteiger partial charge in [0, 0.05) is 14.9 Å². The van der Waals surface area contributed by atoms with Gasteiger partial charge in [0.15, 0.2) is 5.75 Å². The van der Waals surface area contributed by atoms with Crippen LogP contribution in [0.5, 0.6) is 5.75 Å². The molecule has 150 valence electrons. The predicted octanol–water partition coefficient (Wildman–Crippen LogP) is 3.94. The number of hydrogen-bond donors (Lipinski definition) is 0. The van der Waals surface area contributed by atoms with Crippen molar-refractivity contribution in [3.8, 4) is 5.75 Å². The highest BCUT2D eigenvalue weighted by molar-refractivity contribution is 14.1. The molecule has 29 heavy (non-hydrogen) atoms. The molecule has 10 heteroatoms. The van der Waals surface area contributed by atoms with Gasteiger partial charge >= 0.3 is 5.97 Å². The summed E-state index contributed by atoms with van der Waals surface area (Å²) in [5.74, 6) is -1.15. The predicted molar refractivity (Wildman–Crippen MR) is 135 cm³/mol. The Morgan fingerprint density at radius 1 is 1.00 bits per heavy atom. The summed E-state index contributed by atoms with van der Waals surface area (Å²) >= 11 is 6.36. The molecule has 6 nitrogen and oxygen atoms in total. The third kappa shape index (κ3) is 5.38. The van der Waals surface area contributed by atoms with Gasteiger partial charge in [-0.2, -0.15) is 4.40 Å². The first kappa shape index (κ1) is 22.7. The number of ether oxygens (including phenoxy) is 1. The number of halogens is 3. The lowest BCUT2D eigenvalue weighted by molar-refractivity contribution is -0.212. The second-order valence-corrected chi connectivity index (χ2v) is 11.1. The van der Waals surface area contributed by atoms with Crippen molar-refractivity contribution in [1.82, 2.24) is 0 Å². The first-order valence-electron chi connectivity index (χ1n) is 7.92. The maximum Gasteiger partial charge on any atom is 0.344 e. The van der Waals surface area contributed by atoms with Gasteiger partial charge in [-0.15, -0.1) is 0 Å². The Bertz CT molecular complexity index is 1240. The van der Waals surface area contributed by atoms with E-state index in [9.17, 15) is 18.3 Å². The van der Waals surface area contributed by atoms with E-state index in [1.807, 2.05) is 12.1 Å². The standard InChI is InChI=1S/C19H12I3NO5S/c1-29(26,27)23-18(24)12-6-2-4-10-5-3-7-13(16(10)12)19(25)28-17-14(21)8-11(20)9-15(17)22/h2-9H,1H3,(H,23,24)/p-1. The van der Waals surface area contributed by atoms with E-state index in [1.54, 1.807) is 24.3 Å². The Balaban J connectivity index is 2.16. The molecule has 0 aliphatic heterocycles. The molecule has 0 bridgehead atoms. The van der Waals surface area contributed by atoms with Crippen LogP contribution >= 0.6 is 67.8 Å². The molecule has 0 radical (unpaired) electrons. The van der Waals surface area contributed by atoms with Gasteiger partial charge in [0.1, 0.15) is 0 Å². The monoisotopic (exact) mass is 746 g/mol. The normalized spacial score (nSPS) is 12.2. The molecule has 0 spiro atoms. The topological polar surface area (TPSA) is 95.9 Å². The van der Waals surface area contributed by atoms with Crippen molar-refractivity contribution < 1.29 is 23.1 Å². The Labute approximate surface area is 208 Å². The zero-order valence-corrected chi connectivity index (χ0v) is 21.9. The van der Waals surface area contributed by atoms with E-state index >= 15 is 0 Å². The maximum absolute atomic E-state index is 13.0. The minimum atomic E-state index is -3.88. The lowest BCUT2D eigenvalue weighted by atomic mass is 9.99. The molecule has 0 aliphatic carbocycles. The Morgan fingerprint density at radius 3 is 2.10 bits per heavy atom. The van der Waals surface area contributed by atoms with Crippen LogP contribution in [-0.4, -0.2) is 26.5 Å². The molecule has 0 amide bonds. The Hall–Kier alpha value is -1.000. The third-order valence-electron chi connectivity index (χ3n) is 3.76. The smallest absolute Gasteiger partial charge is 0.344 e. The zero-order chi connectivity index (χ0) is 21.3. The van der Waals surface area contributed by atoms with E-state index in [2.05, 4.69) is 72.2 Å². The molecule has 0 unspecified atom stereocenters. The minimum Gasteiger partial charge on any atom is -0.858 e. The molecule has 0 saturated heterocycles. The van der Waals surface area contributed by atoms with Crippen LogP contribution < -0.4 is 9.84 Å². The fourth-order valence-corrected chi connectivity index (χ4v) is 6.87. The molecule has 0 N–H and O–H groups in total. The minimum absolute atomic E-state index is 0.0208. The summed E-state index contributed by atoms with van der Waals surface area (Å²) in [6.07, 6.45) is 0.839. The summed E-state index contributed by atoms with van der Waals surface area (Å²) in [4.78, 5) is 13.0. The van der Waals surface area contributed by atoms with Crippen molar-refractivity contribution >= 4 is 100 Å². The van der Waals surface area contributed by atoms with Gasteiger partial charge in [-0.05, 0) is 96.9 Å². The molecule has 0 atom stereocenters. The molecule has 3 aromatic carbocycles. The molecule has 0 saturated carbocycles. The van der Waals surface area contributed by atoms with Gasteiger partial charge in [0.05, 0.1) is 19.0 Å². The fraction of sp³-hybridized carbons (Fsp3) is 0.0526. The van der Waals surface area contributed by atoms with Crippen molar-refractivity contribution in [2.24, 2.45) is 4.40 Å². The molecular weight excluding hydrogens is 735 g/mol. The highest BCUT2D eigenvalue weighted by atomic mass is 127. The molecule has 3 aromatic rings. The van der Waals surface area contributed by atoms with Gasteiger partial charge in [0.2, 0.25) is 10.0 Å². The number of sulfonamides is 1. The zero-order valence-electron chi connectivity index (χ0n) is 14.6. The van der Waals surface area contributed by atoms with Gasteiger partial charge < -0.3 is 9.84 Å². The first-order valence-corrected chi connectivity index (χ1v) is 13.0. The maximum atomic E-state index is 13.0. The molecular formula is C19H11I3NO5S-. The quantitative estimate of drug-likeness (QED) is 0.133. The Morgan fingerprint density at radius 2 is 1.55 bits per heavy atom. The van der Waals surface area contributed by atoms with Crippen molar-refractivity contribution in [3.63, 3.8) is 0 Å². The van der Waals surface area contributed by atoms with Crippen LogP contribution in [-0.2, 0) is 10.0 Å². The summed E-state index contributed by atoms with van der Waals surface area (Å²) in [5.41, 5.74) is 0.174. The van der Waals surface area contributed by atoms with Gasteiger partial charge in [0.25, 0.3) is 0 Å². The van der Waals surface area contributed by atoms with E-state index in [-0.39, 0.29) is 11.1 Å². The van der Waals surface area contributed by atoms with Crippen LogP contribution in [0.2, 0.25) is 0 Å². The van der Waals surface area contributed by atoms with Crippen molar-refractivity contribution in [2.75, 3.05) is 6.26 Å². The van der Waals surface area contributed by atoms with E-state index < -0.39 is 21.9 Å². The van der Waals surface area contributed by atoms with Crippen LogP contribution in [0.15, 0.2) is 52.9 Å². The van der Waals surface area contributed by atoms with Crippen LogP contribution in [0.4, 0.5) is 0 Å². The van der Waals surface area contributed by atoms with Crippen LogP contribution in [0.25, 0.3) is 10.8 Å². The van der Waals surface area contributed by atoms with E-state index in [4.69, 9.17) is 4.74 Å². The Kier molecular flexibility index (Phi) is 7.05. The molecule has 0 fully saturated rings. The number of nitrogens with zero attached hydrogens (tertiary/aromatic N) is 1. The van der Waals surface area contributed by atoms with E-state index in [0.29, 0.717) is 16.5 Å². The number of carbonyl (C=O) groups is 1. The number of esters is 1. The molecule has 0 aromatic heterocycles. The fourth-order valence-electron chi connectivity index (χ4n) is 2.66. The number of fused-ring (bicyclic) bond motifs is 1. The number of rotatable bonds is 4. The van der Waals surface area contributed by atoms with Crippen LogP contribution in [0.1, 0.15) is 15.9 Å². The number of carbonyl (C=O) groups excluding carboxylic acids is 1. The molecule has 0 aliphatic rings. The summed E-state index contributed by atoms with van der Waals surface area (Å²) in [6, 6.07) is 13.5. The molecule has 0 heterocycles. The second-order valence-electron chi connectivity index (χ2n) is 5.93. The largest absolute Gasteiger partial charge is 0.858 e. The van der Waals surface area contributed by atoms with Crippen molar-refractivity contribution in [2.45, 2.75) is 0 Å². The van der Waals surface area contributed by atoms with Gasteiger partial charge in [-0.25, -0.2) is 13.2 Å². The lowest BCUT2D eigenvalue weighted by Gasteiger charge is -2.16. The van der Waals surface area contributed by atoms with Gasteiger partial charge in [-0.3, -0.25) is 0 Å². The van der Waals surface area contributed by atoms with Crippen LogP contribution in [0, 0.1) is 10.7 Å². The highest BCUT2D eigenvalue weighted by Crippen LogP contribution is 2.31. The van der Waals surface area contributed by atoms with E-state index in [1.165, 1.54) is 12.1 Å². The SMILES string of the molecule is CS(=O)(=O)N=C([O-])c1cccc2cccc(C(=O)Oc3c(I)cc(I)cc3I)c12. The summed E-state index contributed by atoms with van der Waals surface area (Å²) in [7, 11) is -3.88. The first-order chi connectivity index (χ1) is 13.6.